The molecule has 1 atom stereocenters. The number of ether oxygens (including phenoxy) is 1. The lowest BCUT2D eigenvalue weighted by Gasteiger charge is -2.39. The number of hydrogen-bond donors (Lipinski definition) is 0. The van der Waals surface area contributed by atoms with Crippen molar-refractivity contribution in [2.24, 2.45) is 0 Å². The van der Waals surface area contributed by atoms with Gasteiger partial charge in [0.25, 0.3) is 0 Å². The summed E-state index contributed by atoms with van der Waals surface area (Å²) in [6.45, 7) is 6.10. The van der Waals surface area contributed by atoms with Gasteiger partial charge in [0.05, 0.1) is 12.1 Å². The Kier molecular flexibility index (Phi) is 4.17. The van der Waals surface area contributed by atoms with Crippen LogP contribution >= 0.6 is 0 Å². The Bertz CT molecular complexity index is 388. The number of nitrogens with zero attached hydrogens (tertiary/aromatic N) is 3. The smallest absolute Gasteiger partial charge is 0.132 e. The molecule has 1 unspecified atom stereocenters. The number of aryl methyl sites for hydroxylation is 1. The third kappa shape index (κ3) is 2.48. The molecule has 0 N–H and O–H groups in total. The van der Waals surface area contributed by atoms with E-state index in [1.54, 1.807) is 13.4 Å². The van der Waals surface area contributed by atoms with Gasteiger partial charge in [0, 0.05) is 25.4 Å². The third-order valence-corrected chi connectivity index (χ3v) is 3.79. The molecule has 0 aromatic carbocycles. The van der Waals surface area contributed by atoms with E-state index in [9.17, 15) is 0 Å². The molecular weight excluding hydrogens is 226 g/mol. The van der Waals surface area contributed by atoms with Gasteiger partial charge in [-0.25, -0.2) is 9.97 Å². The van der Waals surface area contributed by atoms with Gasteiger partial charge >= 0.3 is 0 Å². The van der Waals surface area contributed by atoms with Gasteiger partial charge in [-0.1, -0.05) is 13.3 Å². The number of rotatable bonds is 5. The van der Waals surface area contributed by atoms with Crippen LogP contribution in [-0.4, -0.2) is 35.8 Å². The number of hydrogen-bond acceptors (Lipinski definition) is 4. The molecule has 4 heteroatoms. The molecule has 0 spiro atoms. The van der Waals surface area contributed by atoms with Crippen LogP contribution in [0.25, 0.3) is 0 Å². The van der Waals surface area contributed by atoms with Crippen LogP contribution < -0.4 is 4.90 Å². The van der Waals surface area contributed by atoms with Gasteiger partial charge in [0.15, 0.2) is 0 Å². The predicted octanol–water partition coefficient (Wildman–Crippen LogP) is 2.57. The lowest BCUT2D eigenvalue weighted by molar-refractivity contribution is 0.127. The monoisotopic (exact) mass is 249 g/mol. The minimum Gasteiger partial charge on any atom is -0.382 e. The average Bonchev–Trinajstić information content (AvgIpc) is 2.74. The molecule has 1 aromatic rings. The largest absolute Gasteiger partial charge is 0.382 e. The number of methoxy groups -OCH3 is 1. The molecule has 0 amide bonds. The molecule has 0 aliphatic carbocycles. The van der Waals surface area contributed by atoms with E-state index in [1.165, 1.54) is 19.3 Å². The molecule has 1 aliphatic heterocycles. The van der Waals surface area contributed by atoms with Gasteiger partial charge in [0.2, 0.25) is 0 Å². The molecule has 0 saturated carbocycles. The van der Waals surface area contributed by atoms with Crippen LogP contribution in [0.4, 0.5) is 5.82 Å². The minimum atomic E-state index is 0.129. The van der Waals surface area contributed by atoms with E-state index >= 15 is 0 Å². The standard InChI is InChI=1S/C14H23N3O/c1-4-6-14(10-18-3)7-5-8-17(14)13-9-12(2)15-11-16-13/h9,11H,4-8,10H2,1-3H3. The van der Waals surface area contributed by atoms with E-state index in [-0.39, 0.29) is 5.54 Å². The van der Waals surface area contributed by atoms with Crippen molar-refractivity contribution < 1.29 is 4.74 Å². The fourth-order valence-corrected chi connectivity index (χ4v) is 3.10. The van der Waals surface area contributed by atoms with Gasteiger partial charge in [-0.15, -0.1) is 0 Å². The van der Waals surface area contributed by atoms with Crippen molar-refractivity contribution in [3.8, 4) is 0 Å². The Balaban J connectivity index is 2.29. The third-order valence-electron chi connectivity index (χ3n) is 3.79. The zero-order valence-corrected chi connectivity index (χ0v) is 11.6. The maximum atomic E-state index is 5.48. The van der Waals surface area contributed by atoms with E-state index in [0.717, 1.165) is 31.1 Å². The maximum absolute atomic E-state index is 5.48. The molecule has 18 heavy (non-hydrogen) atoms. The molecule has 1 fully saturated rings. The van der Waals surface area contributed by atoms with Crippen molar-refractivity contribution in [3.63, 3.8) is 0 Å². The highest BCUT2D eigenvalue weighted by Gasteiger charge is 2.40. The van der Waals surface area contributed by atoms with Crippen molar-refractivity contribution in [2.45, 2.75) is 45.1 Å². The summed E-state index contributed by atoms with van der Waals surface area (Å²) in [6.07, 6.45) is 6.39. The number of aromatic nitrogens is 2. The van der Waals surface area contributed by atoms with Gasteiger partial charge in [-0.05, 0) is 26.2 Å². The summed E-state index contributed by atoms with van der Waals surface area (Å²) in [5.41, 5.74) is 1.15. The van der Waals surface area contributed by atoms with Crippen LogP contribution in [0.2, 0.25) is 0 Å². The second kappa shape index (κ2) is 5.65. The summed E-state index contributed by atoms with van der Waals surface area (Å²) in [5, 5.41) is 0. The van der Waals surface area contributed by atoms with Crippen molar-refractivity contribution in [1.82, 2.24) is 9.97 Å². The van der Waals surface area contributed by atoms with Crippen molar-refractivity contribution >= 4 is 5.82 Å². The van der Waals surface area contributed by atoms with Gasteiger partial charge < -0.3 is 9.64 Å². The Morgan fingerprint density at radius 1 is 1.44 bits per heavy atom. The lowest BCUT2D eigenvalue weighted by atomic mass is 9.91. The Hall–Kier alpha value is -1.16. The SMILES string of the molecule is CCCC1(COC)CCCN1c1cc(C)ncn1. The van der Waals surface area contributed by atoms with Crippen LogP contribution in [0.15, 0.2) is 12.4 Å². The first-order valence-electron chi connectivity index (χ1n) is 6.77. The molecule has 0 radical (unpaired) electrons. The summed E-state index contributed by atoms with van der Waals surface area (Å²) in [5.74, 6) is 1.05. The molecule has 2 heterocycles. The Labute approximate surface area is 109 Å². The summed E-state index contributed by atoms with van der Waals surface area (Å²) in [7, 11) is 1.79. The Morgan fingerprint density at radius 2 is 2.28 bits per heavy atom. The summed E-state index contributed by atoms with van der Waals surface area (Å²) < 4.78 is 5.48. The average molecular weight is 249 g/mol. The first-order chi connectivity index (χ1) is 8.72. The van der Waals surface area contributed by atoms with Gasteiger partial charge in [-0.3, -0.25) is 0 Å². The zero-order valence-electron chi connectivity index (χ0n) is 11.6. The highest BCUT2D eigenvalue weighted by atomic mass is 16.5. The fraction of sp³-hybridized carbons (Fsp3) is 0.714. The van der Waals surface area contributed by atoms with Crippen molar-refractivity contribution in [2.75, 3.05) is 25.2 Å². The number of anilines is 1. The molecule has 4 nitrogen and oxygen atoms in total. The molecule has 100 valence electrons. The van der Waals surface area contributed by atoms with Crippen molar-refractivity contribution in [1.29, 1.82) is 0 Å². The first kappa shape index (κ1) is 13.3. The molecule has 1 saturated heterocycles. The zero-order chi connectivity index (χ0) is 13.0. The molecule has 1 aliphatic rings. The topological polar surface area (TPSA) is 38.2 Å². The highest BCUT2D eigenvalue weighted by Crippen LogP contribution is 2.36. The molecule has 0 bridgehead atoms. The first-order valence-corrected chi connectivity index (χ1v) is 6.77. The van der Waals surface area contributed by atoms with Gasteiger partial charge in [0.1, 0.15) is 12.1 Å². The molecule has 1 aromatic heterocycles. The predicted molar refractivity (Wildman–Crippen MR) is 72.9 cm³/mol. The maximum Gasteiger partial charge on any atom is 0.132 e. The van der Waals surface area contributed by atoms with Crippen LogP contribution in [-0.2, 0) is 4.74 Å². The molecular formula is C14H23N3O. The van der Waals surface area contributed by atoms with E-state index < -0.39 is 0 Å². The highest BCUT2D eigenvalue weighted by molar-refractivity contribution is 5.44. The normalized spacial score (nSPS) is 23.6. The second-order valence-corrected chi connectivity index (χ2v) is 5.18. The van der Waals surface area contributed by atoms with Crippen LogP contribution in [0, 0.1) is 6.92 Å². The minimum absolute atomic E-state index is 0.129. The van der Waals surface area contributed by atoms with Crippen molar-refractivity contribution in [3.05, 3.63) is 18.1 Å². The second-order valence-electron chi connectivity index (χ2n) is 5.18. The van der Waals surface area contributed by atoms with E-state index in [2.05, 4.69) is 27.9 Å². The fourth-order valence-electron chi connectivity index (χ4n) is 3.10. The summed E-state index contributed by atoms with van der Waals surface area (Å²) >= 11 is 0. The van der Waals surface area contributed by atoms with E-state index in [0.29, 0.717) is 0 Å². The van der Waals surface area contributed by atoms with Crippen LogP contribution in [0.1, 0.15) is 38.3 Å². The summed E-state index contributed by atoms with van der Waals surface area (Å²) in [4.78, 5) is 11.0. The Morgan fingerprint density at radius 3 is 2.94 bits per heavy atom. The van der Waals surface area contributed by atoms with E-state index in [4.69, 9.17) is 4.74 Å². The quantitative estimate of drug-likeness (QED) is 0.804. The van der Waals surface area contributed by atoms with E-state index in [1.807, 2.05) is 6.92 Å². The lowest BCUT2D eigenvalue weighted by Crippen LogP contribution is -2.48. The molecule has 2 rings (SSSR count). The van der Waals surface area contributed by atoms with Crippen LogP contribution in [0.3, 0.4) is 0 Å². The van der Waals surface area contributed by atoms with Crippen LogP contribution in [0.5, 0.6) is 0 Å². The summed E-state index contributed by atoms with van der Waals surface area (Å²) in [6, 6.07) is 2.07. The van der Waals surface area contributed by atoms with Gasteiger partial charge in [-0.2, -0.15) is 0 Å².